The molecule has 0 radical (unpaired) electrons. The third kappa shape index (κ3) is 4.66. The minimum Gasteiger partial charge on any atom is -0.338 e. The molecule has 3 aromatic rings. The van der Waals surface area contributed by atoms with Crippen molar-refractivity contribution in [2.45, 2.75) is 17.6 Å². The molecule has 1 amide bonds. The fourth-order valence-corrected chi connectivity index (χ4v) is 5.05. The second-order valence-corrected chi connectivity index (χ2v) is 9.58. The fraction of sp³-hybridized carbons (Fsp3) is 0.286. The van der Waals surface area contributed by atoms with Gasteiger partial charge in [0.15, 0.2) is 0 Å². The highest BCUT2D eigenvalue weighted by Gasteiger charge is 2.33. The number of carbonyl (C=O) groups excluding carboxylic acids is 1. The monoisotopic (exact) mass is 498 g/mol. The molecule has 0 unspecified atom stereocenters. The van der Waals surface area contributed by atoms with Crippen LogP contribution < -0.4 is 5.56 Å². The number of aromatic nitrogens is 2. The normalized spacial score (nSPS) is 15.6. The van der Waals surface area contributed by atoms with E-state index in [1.165, 1.54) is 23.4 Å². The molecule has 0 aliphatic carbocycles. The van der Waals surface area contributed by atoms with Gasteiger partial charge in [0, 0.05) is 26.2 Å². The molecule has 0 N–H and O–H groups in total. The van der Waals surface area contributed by atoms with E-state index in [-0.39, 0.29) is 48.5 Å². The summed E-state index contributed by atoms with van der Waals surface area (Å²) in [6.07, 6.45) is -3.39. The third-order valence-electron chi connectivity index (χ3n) is 5.50. The Morgan fingerprint density at radius 3 is 2.26 bits per heavy atom. The van der Waals surface area contributed by atoms with Crippen molar-refractivity contribution in [2.24, 2.45) is 0 Å². The van der Waals surface area contributed by atoms with Crippen LogP contribution >= 0.6 is 0 Å². The number of amides is 1. The molecule has 0 saturated carbocycles. The van der Waals surface area contributed by atoms with Crippen LogP contribution in [0, 0.1) is 5.82 Å². The van der Waals surface area contributed by atoms with Gasteiger partial charge in [0.2, 0.25) is 15.9 Å². The molecule has 1 aromatic heterocycles. The molecule has 1 aliphatic rings. The van der Waals surface area contributed by atoms with Gasteiger partial charge in [0.25, 0.3) is 5.56 Å². The summed E-state index contributed by atoms with van der Waals surface area (Å²) in [5.41, 5.74) is -1.25. The number of sulfonamides is 1. The summed E-state index contributed by atoms with van der Waals surface area (Å²) in [5.74, 6) is -1.06. The van der Waals surface area contributed by atoms with Gasteiger partial charge in [-0.15, -0.1) is 0 Å². The van der Waals surface area contributed by atoms with Crippen LogP contribution in [0.25, 0.3) is 10.9 Å². The lowest BCUT2D eigenvalue weighted by molar-refractivity contribution is -0.137. The first-order valence-corrected chi connectivity index (χ1v) is 11.5. The zero-order valence-corrected chi connectivity index (χ0v) is 18.3. The molecule has 0 atom stereocenters. The standard InChI is InChI=1S/C21H18F4N4O4S/c22-15-3-6-18-17(11-15)20(31)28(13-26-18)12-19(30)27-7-9-29(10-8-27)34(32,33)16-4-1-14(2-5-16)21(23,24)25/h1-6,11,13H,7-10,12H2. The van der Waals surface area contributed by atoms with Crippen molar-refractivity contribution >= 4 is 26.8 Å². The number of alkyl halides is 3. The summed E-state index contributed by atoms with van der Waals surface area (Å²) in [7, 11) is -4.04. The molecular weight excluding hydrogens is 480 g/mol. The Labute approximate surface area is 191 Å². The number of hydrogen-bond donors (Lipinski definition) is 0. The Hall–Kier alpha value is -3.32. The molecule has 2 heterocycles. The van der Waals surface area contributed by atoms with E-state index in [9.17, 15) is 35.6 Å². The maximum absolute atomic E-state index is 13.5. The van der Waals surface area contributed by atoms with E-state index in [2.05, 4.69) is 4.98 Å². The average Bonchev–Trinajstić information content (AvgIpc) is 2.81. The molecular formula is C21H18F4N4O4S. The predicted molar refractivity (Wildman–Crippen MR) is 113 cm³/mol. The van der Waals surface area contributed by atoms with Crippen molar-refractivity contribution in [1.29, 1.82) is 0 Å². The molecule has 0 bridgehead atoms. The van der Waals surface area contributed by atoms with Crippen molar-refractivity contribution in [3.63, 3.8) is 0 Å². The average molecular weight is 498 g/mol. The number of halogens is 4. The van der Waals surface area contributed by atoms with Crippen LogP contribution in [0.2, 0.25) is 0 Å². The molecule has 0 spiro atoms. The lowest BCUT2D eigenvalue weighted by Crippen LogP contribution is -2.51. The van der Waals surface area contributed by atoms with Gasteiger partial charge in [-0.2, -0.15) is 17.5 Å². The van der Waals surface area contributed by atoms with Gasteiger partial charge in [0.05, 0.1) is 27.7 Å². The van der Waals surface area contributed by atoms with Gasteiger partial charge in [-0.3, -0.25) is 14.2 Å². The lowest BCUT2D eigenvalue weighted by atomic mass is 10.2. The molecule has 13 heteroatoms. The fourth-order valence-electron chi connectivity index (χ4n) is 3.63. The number of hydrogen-bond acceptors (Lipinski definition) is 5. The van der Waals surface area contributed by atoms with Gasteiger partial charge >= 0.3 is 6.18 Å². The quantitative estimate of drug-likeness (QED) is 0.514. The smallest absolute Gasteiger partial charge is 0.338 e. The van der Waals surface area contributed by atoms with Crippen molar-refractivity contribution in [2.75, 3.05) is 26.2 Å². The number of piperazine rings is 1. The number of nitrogens with zero attached hydrogens (tertiary/aromatic N) is 4. The summed E-state index contributed by atoms with van der Waals surface area (Å²) in [6, 6.07) is 6.77. The Morgan fingerprint density at radius 1 is 1.00 bits per heavy atom. The molecule has 180 valence electrons. The predicted octanol–water partition coefficient (Wildman–Crippen LogP) is 2.09. The summed E-state index contributed by atoms with van der Waals surface area (Å²) in [4.78, 5) is 30.4. The minimum atomic E-state index is -4.58. The van der Waals surface area contributed by atoms with Crippen LogP contribution in [-0.4, -0.2) is 59.3 Å². The largest absolute Gasteiger partial charge is 0.416 e. The molecule has 34 heavy (non-hydrogen) atoms. The summed E-state index contributed by atoms with van der Waals surface area (Å²) in [5, 5.41) is 0.0303. The minimum absolute atomic E-state index is 0.0303. The van der Waals surface area contributed by atoms with Crippen LogP contribution in [0.15, 0.2) is 58.5 Å². The molecule has 4 rings (SSSR count). The van der Waals surface area contributed by atoms with E-state index >= 15 is 0 Å². The molecule has 2 aromatic carbocycles. The maximum Gasteiger partial charge on any atom is 0.416 e. The van der Waals surface area contributed by atoms with E-state index < -0.39 is 39.0 Å². The van der Waals surface area contributed by atoms with Crippen molar-refractivity contribution in [3.8, 4) is 0 Å². The van der Waals surface area contributed by atoms with Crippen molar-refractivity contribution < 1.29 is 30.8 Å². The summed E-state index contributed by atoms with van der Waals surface area (Å²) >= 11 is 0. The Balaban J connectivity index is 1.42. The number of carbonyl (C=O) groups is 1. The van der Waals surface area contributed by atoms with Gasteiger partial charge in [0.1, 0.15) is 12.4 Å². The van der Waals surface area contributed by atoms with Crippen LogP contribution in [0.4, 0.5) is 17.6 Å². The van der Waals surface area contributed by atoms with E-state index in [4.69, 9.17) is 0 Å². The Kier molecular flexibility index (Phi) is 6.16. The second-order valence-electron chi connectivity index (χ2n) is 7.65. The van der Waals surface area contributed by atoms with Crippen molar-refractivity contribution in [3.05, 3.63) is 70.5 Å². The number of rotatable bonds is 4. The first-order valence-electron chi connectivity index (χ1n) is 10.1. The molecule has 8 nitrogen and oxygen atoms in total. The van der Waals surface area contributed by atoms with E-state index in [1.54, 1.807) is 0 Å². The zero-order chi connectivity index (χ0) is 24.7. The first-order chi connectivity index (χ1) is 16.0. The third-order valence-corrected chi connectivity index (χ3v) is 7.42. The summed E-state index contributed by atoms with van der Waals surface area (Å²) in [6.45, 7) is -0.424. The highest BCUT2D eigenvalue weighted by molar-refractivity contribution is 7.89. The highest BCUT2D eigenvalue weighted by Crippen LogP contribution is 2.30. The molecule has 1 saturated heterocycles. The number of benzene rings is 2. The van der Waals surface area contributed by atoms with E-state index in [0.717, 1.165) is 27.1 Å². The SMILES string of the molecule is O=C(Cn1cnc2ccc(F)cc2c1=O)N1CCN(S(=O)(=O)c2ccc(C(F)(F)F)cc2)CC1. The number of fused-ring (bicyclic) bond motifs is 1. The lowest BCUT2D eigenvalue weighted by Gasteiger charge is -2.34. The Bertz CT molecular complexity index is 1400. The molecule has 1 fully saturated rings. The van der Waals surface area contributed by atoms with E-state index in [0.29, 0.717) is 12.1 Å². The Morgan fingerprint density at radius 2 is 1.65 bits per heavy atom. The second kappa shape index (κ2) is 8.80. The molecule has 1 aliphatic heterocycles. The van der Waals surface area contributed by atoms with Gasteiger partial charge in [-0.05, 0) is 42.5 Å². The van der Waals surface area contributed by atoms with E-state index in [1.807, 2.05) is 0 Å². The van der Waals surface area contributed by atoms with Crippen LogP contribution in [0.1, 0.15) is 5.56 Å². The van der Waals surface area contributed by atoms with Gasteiger partial charge < -0.3 is 4.90 Å². The van der Waals surface area contributed by atoms with Crippen LogP contribution in [0.5, 0.6) is 0 Å². The van der Waals surface area contributed by atoms with Gasteiger partial charge in [-0.1, -0.05) is 0 Å². The maximum atomic E-state index is 13.5. The van der Waals surface area contributed by atoms with Gasteiger partial charge in [-0.25, -0.2) is 17.8 Å². The van der Waals surface area contributed by atoms with Crippen molar-refractivity contribution in [1.82, 2.24) is 18.8 Å². The van der Waals surface area contributed by atoms with Crippen LogP contribution in [0.3, 0.4) is 0 Å². The summed E-state index contributed by atoms with van der Waals surface area (Å²) < 4.78 is 79.3. The zero-order valence-electron chi connectivity index (χ0n) is 17.5. The highest BCUT2D eigenvalue weighted by atomic mass is 32.2. The topological polar surface area (TPSA) is 92.6 Å². The first kappa shape index (κ1) is 23.8. The van der Waals surface area contributed by atoms with Crippen LogP contribution in [-0.2, 0) is 27.5 Å².